The van der Waals surface area contributed by atoms with E-state index >= 15 is 0 Å². The van der Waals surface area contributed by atoms with Gasteiger partial charge in [0.1, 0.15) is 0 Å². The van der Waals surface area contributed by atoms with Crippen LogP contribution in [0.2, 0.25) is 0 Å². The van der Waals surface area contributed by atoms with E-state index in [1.807, 2.05) is 0 Å². The third-order valence-corrected chi connectivity index (χ3v) is 1.25. The molecule has 0 spiro atoms. The Bertz CT molecular complexity index is 323. The van der Waals surface area contributed by atoms with Crippen molar-refractivity contribution in [1.29, 1.82) is 0 Å². The van der Waals surface area contributed by atoms with E-state index in [4.69, 9.17) is 4.52 Å². The van der Waals surface area contributed by atoms with Crippen LogP contribution in [0.5, 0.6) is 0 Å². The van der Waals surface area contributed by atoms with Crippen LogP contribution in [-0.4, -0.2) is 17.7 Å². The van der Waals surface area contributed by atoms with Gasteiger partial charge in [0.25, 0.3) is 11.5 Å². The van der Waals surface area contributed by atoms with Crippen LogP contribution >= 0.6 is 0 Å². The third kappa shape index (κ3) is 1.31. The molecule has 11 heavy (non-hydrogen) atoms. The van der Waals surface area contributed by atoms with E-state index in [9.17, 15) is 9.59 Å². The lowest BCUT2D eigenvalue weighted by Crippen LogP contribution is -2.17. The first kappa shape index (κ1) is 7.59. The zero-order chi connectivity index (χ0) is 8.43. The number of nitrogens with one attached hydrogen (secondary N) is 1. The van der Waals surface area contributed by atoms with E-state index in [2.05, 4.69) is 5.32 Å². The van der Waals surface area contributed by atoms with Crippen LogP contribution in [0.1, 0.15) is 10.6 Å². The van der Waals surface area contributed by atoms with Crippen molar-refractivity contribution in [2.45, 2.75) is 0 Å². The summed E-state index contributed by atoms with van der Waals surface area (Å²) in [6.45, 7) is 0. The quantitative estimate of drug-likeness (QED) is 0.587. The summed E-state index contributed by atoms with van der Waals surface area (Å²) < 4.78 is 5.75. The van der Waals surface area contributed by atoms with Crippen LogP contribution < -0.4 is 10.9 Å². The minimum absolute atomic E-state index is 0.0278. The monoisotopic (exact) mass is 156 g/mol. The van der Waals surface area contributed by atoms with Gasteiger partial charge in [-0.2, -0.15) is 4.74 Å². The van der Waals surface area contributed by atoms with Crippen molar-refractivity contribution in [3.05, 3.63) is 22.2 Å². The van der Waals surface area contributed by atoms with Crippen LogP contribution in [-0.2, 0) is 7.05 Å². The predicted molar refractivity (Wildman–Crippen MR) is 37.3 cm³/mol. The molecule has 0 fully saturated rings. The van der Waals surface area contributed by atoms with E-state index < -0.39 is 5.91 Å². The summed E-state index contributed by atoms with van der Waals surface area (Å²) in [4.78, 5) is 21.6. The molecule has 1 N–H and O–H groups in total. The highest BCUT2D eigenvalue weighted by Gasteiger charge is 2.09. The first-order chi connectivity index (χ1) is 5.15. The first-order valence-electron chi connectivity index (χ1n) is 3.04. The van der Waals surface area contributed by atoms with Gasteiger partial charge in [-0.15, -0.1) is 0 Å². The molecule has 0 aliphatic carbocycles. The number of rotatable bonds is 1. The number of aryl methyl sites for hydroxylation is 1. The SMILES string of the molecule is CNC(=O)c1cc(=O)n(C)o1. The van der Waals surface area contributed by atoms with Crippen molar-refractivity contribution in [1.82, 2.24) is 10.1 Å². The van der Waals surface area contributed by atoms with Crippen molar-refractivity contribution in [2.75, 3.05) is 7.05 Å². The van der Waals surface area contributed by atoms with Gasteiger partial charge in [0.2, 0.25) is 5.76 Å². The number of aromatic nitrogens is 1. The highest BCUT2D eigenvalue weighted by molar-refractivity contribution is 5.90. The van der Waals surface area contributed by atoms with Crippen LogP contribution in [0.3, 0.4) is 0 Å². The number of amides is 1. The lowest BCUT2D eigenvalue weighted by molar-refractivity contribution is 0.0913. The number of hydrogen-bond donors (Lipinski definition) is 1. The highest BCUT2D eigenvalue weighted by atomic mass is 16.5. The minimum atomic E-state index is -0.400. The van der Waals surface area contributed by atoms with E-state index in [-0.39, 0.29) is 11.3 Å². The molecule has 0 aliphatic rings. The van der Waals surface area contributed by atoms with Gasteiger partial charge in [-0.3, -0.25) is 9.59 Å². The van der Waals surface area contributed by atoms with Gasteiger partial charge >= 0.3 is 0 Å². The molecule has 0 saturated heterocycles. The van der Waals surface area contributed by atoms with Gasteiger partial charge in [-0.05, 0) is 0 Å². The van der Waals surface area contributed by atoms with E-state index in [0.717, 1.165) is 10.8 Å². The summed E-state index contributed by atoms with van der Waals surface area (Å²) in [5.41, 5.74) is -0.330. The molecule has 5 nitrogen and oxygen atoms in total. The Balaban J connectivity index is 3.07. The van der Waals surface area contributed by atoms with Crippen molar-refractivity contribution in [3.8, 4) is 0 Å². The number of nitrogens with zero attached hydrogens (tertiary/aromatic N) is 1. The summed E-state index contributed by atoms with van der Waals surface area (Å²) in [5, 5.41) is 2.34. The highest BCUT2D eigenvalue weighted by Crippen LogP contribution is 1.92. The van der Waals surface area contributed by atoms with Gasteiger partial charge in [-0.25, -0.2) is 0 Å². The molecule has 1 heterocycles. The van der Waals surface area contributed by atoms with E-state index in [1.54, 1.807) is 0 Å². The largest absolute Gasteiger partial charge is 0.371 e. The van der Waals surface area contributed by atoms with E-state index in [0.29, 0.717) is 0 Å². The molecule has 1 amide bonds. The topological polar surface area (TPSA) is 64.2 Å². The Labute approximate surface area is 62.6 Å². The van der Waals surface area contributed by atoms with Gasteiger partial charge in [0, 0.05) is 14.1 Å². The fourth-order valence-electron chi connectivity index (χ4n) is 0.652. The van der Waals surface area contributed by atoms with Crippen LogP contribution in [0.25, 0.3) is 0 Å². The summed E-state index contributed by atoms with van der Waals surface area (Å²) in [6.07, 6.45) is 0. The first-order valence-corrected chi connectivity index (χ1v) is 3.04. The second-order valence-corrected chi connectivity index (χ2v) is 2.01. The Morgan fingerprint density at radius 2 is 2.36 bits per heavy atom. The molecule has 0 aromatic carbocycles. The second kappa shape index (κ2) is 2.61. The Morgan fingerprint density at radius 1 is 1.73 bits per heavy atom. The molecule has 0 bridgehead atoms. The average Bonchev–Trinajstić information content (AvgIpc) is 2.31. The number of hydrogen-bond acceptors (Lipinski definition) is 3. The lowest BCUT2D eigenvalue weighted by atomic mass is 10.4. The minimum Gasteiger partial charge on any atom is -0.371 e. The van der Waals surface area contributed by atoms with Gasteiger partial charge in [0.15, 0.2) is 0 Å². The predicted octanol–water partition coefficient (Wildman–Crippen LogP) is -0.662. The fourth-order valence-corrected chi connectivity index (χ4v) is 0.652. The summed E-state index contributed by atoms with van der Waals surface area (Å²) >= 11 is 0. The Kier molecular flexibility index (Phi) is 1.80. The zero-order valence-corrected chi connectivity index (χ0v) is 6.25. The molecular weight excluding hydrogens is 148 g/mol. The van der Waals surface area contributed by atoms with Crippen LogP contribution in [0, 0.1) is 0 Å². The maximum Gasteiger partial charge on any atom is 0.289 e. The summed E-state index contributed by atoms with van der Waals surface area (Å²) in [7, 11) is 2.91. The maximum absolute atomic E-state index is 10.8. The van der Waals surface area contributed by atoms with E-state index in [1.165, 1.54) is 14.1 Å². The van der Waals surface area contributed by atoms with Gasteiger partial charge < -0.3 is 9.84 Å². The molecule has 60 valence electrons. The molecule has 0 saturated carbocycles. The van der Waals surface area contributed by atoms with Crippen molar-refractivity contribution >= 4 is 5.91 Å². The Morgan fingerprint density at radius 3 is 2.73 bits per heavy atom. The molecule has 1 aromatic heterocycles. The second-order valence-electron chi connectivity index (χ2n) is 2.01. The molecular formula is C6H8N2O3. The molecule has 0 radical (unpaired) electrons. The zero-order valence-electron chi connectivity index (χ0n) is 6.25. The normalized spacial score (nSPS) is 9.64. The standard InChI is InChI=1S/C6H8N2O3/c1-7-6(10)4-3-5(9)8(2)11-4/h3H,1-2H3,(H,7,10). The average molecular weight is 156 g/mol. The maximum atomic E-state index is 10.8. The fraction of sp³-hybridized carbons (Fsp3) is 0.333. The molecule has 0 atom stereocenters. The van der Waals surface area contributed by atoms with Gasteiger partial charge in [-0.1, -0.05) is 0 Å². The summed E-state index contributed by atoms with van der Waals surface area (Å²) in [6, 6.07) is 1.14. The molecule has 5 heteroatoms. The number of carbonyl (C=O) groups excluding carboxylic acids is 1. The molecule has 1 rings (SSSR count). The smallest absolute Gasteiger partial charge is 0.289 e. The third-order valence-electron chi connectivity index (χ3n) is 1.25. The lowest BCUT2D eigenvalue weighted by Gasteiger charge is -1.90. The number of carbonyl (C=O) groups is 1. The summed E-state index contributed by atoms with van der Waals surface area (Å²) in [5.74, 6) is -0.372. The van der Waals surface area contributed by atoms with Crippen molar-refractivity contribution in [3.63, 3.8) is 0 Å². The van der Waals surface area contributed by atoms with Crippen molar-refractivity contribution in [2.24, 2.45) is 7.05 Å². The van der Waals surface area contributed by atoms with Gasteiger partial charge in [0.05, 0.1) is 6.07 Å². The molecule has 1 aromatic rings. The Hall–Kier alpha value is -1.52. The van der Waals surface area contributed by atoms with Crippen LogP contribution in [0.4, 0.5) is 0 Å². The van der Waals surface area contributed by atoms with Crippen molar-refractivity contribution < 1.29 is 9.32 Å². The van der Waals surface area contributed by atoms with Crippen LogP contribution in [0.15, 0.2) is 15.4 Å². The molecule has 0 unspecified atom stereocenters. The molecule has 0 aliphatic heterocycles.